The van der Waals surface area contributed by atoms with E-state index in [0.29, 0.717) is 5.56 Å². The van der Waals surface area contributed by atoms with E-state index in [1.165, 1.54) is 38.3 Å². The Bertz CT molecular complexity index is 856. The second-order valence-electron chi connectivity index (χ2n) is 6.50. The predicted octanol–water partition coefficient (Wildman–Crippen LogP) is 2.54. The molecule has 0 aliphatic carbocycles. The Morgan fingerprint density at radius 3 is 1.97 bits per heavy atom. The van der Waals surface area contributed by atoms with Crippen molar-refractivity contribution in [2.45, 2.75) is 31.8 Å². The number of nitrogens with one attached hydrogen (secondary N) is 2. The first-order valence-corrected chi connectivity index (χ1v) is 9.72. The molecule has 0 heterocycles. The molecule has 0 saturated heterocycles. The molecule has 0 aliphatic heterocycles. The van der Waals surface area contributed by atoms with Gasteiger partial charge in [-0.05, 0) is 35.4 Å². The van der Waals surface area contributed by atoms with Crippen LogP contribution in [0.4, 0.5) is 4.39 Å². The first-order chi connectivity index (χ1) is 13.8. The lowest BCUT2D eigenvalue weighted by Crippen LogP contribution is -2.53. The van der Waals surface area contributed by atoms with Crippen LogP contribution < -0.4 is 10.6 Å². The fourth-order valence-corrected chi connectivity index (χ4v) is 3.04. The van der Waals surface area contributed by atoms with E-state index in [9.17, 15) is 18.8 Å². The maximum Gasteiger partial charge on any atom is 0.328 e. The molecule has 2 amide bonds. The SMILES string of the molecule is COC(=O)[C@@H](Cc1ccc(Br)cc1)NC(=O)[C@@H](Cc1ccc(F)cc1)NC(C)=O. The number of amides is 2. The van der Waals surface area contributed by atoms with E-state index < -0.39 is 35.7 Å². The largest absolute Gasteiger partial charge is 0.467 e. The first-order valence-electron chi connectivity index (χ1n) is 8.92. The Morgan fingerprint density at radius 1 is 0.931 bits per heavy atom. The number of methoxy groups -OCH3 is 1. The highest BCUT2D eigenvalue weighted by Crippen LogP contribution is 2.13. The number of carbonyl (C=O) groups excluding carboxylic acids is 3. The van der Waals surface area contributed by atoms with Crippen molar-refractivity contribution in [2.24, 2.45) is 0 Å². The highest BCUT2D eigenvalue weighted by Gasteiger charge is 2.27. The molecule has 6 nitrogen and oxygen atoms in total. The van der Waals surface area contributed by atoms with Crippen LogP contribution in [0.1, 0.15) is 18.1 Å². The first kappa shape index (κ1) is 22.5. The maximum absolute atomic E-state index is 13.1. The van der Waals surface area contributed by atoms with Gasteiger partial charge in [-0.2, -0.15) is 0 Å². The molecule has 0 aromatic heterocycles. The van der Waals surface area contributed by atoms with Crippen molar-refractivity contribution in [2.75, 3.05) is 7.11 Å². The molecule has 0 aliphatic rings. The number of halogens is 2. The van der Waals surface area contributed by atoms with Gasteiger partial charge < -0.3 is 15.4 Å². The van der Waals surface area contributed by atoms with E-state index in [-0.39, 0.29) is 12.8 Å². The normalized spacial score (nSPS) is 12.6. The van der Waals surface area contributed by atoms with Gasteiger partial charge in [0.05, 0.1) is 7.11 Å². The lowest BCUT2D eigenvalue weighted by atomic mass is 10.0. The Balaban J connectivity index is 2.15. The number of esters is 1. The molecule has 2 N–H and O–H groups in total. The number of ether oxygens (including phenoxy) is 1. The van der Waals surface area contributed by atoms with E-state index in [1.807, 2.05) is 24.3 Å². The van der Waals surface area contributed by atoms with Gasteiger partial charge in [-0.1, -0.05) is 40.2 Å². The van der Waals surface area contributed by atoms with E-state index in [0.717, 1.165) is 10.0 Å². The lowest BCUT2D eigenvalue weighted by molar-refractivity contribution is -0.145. The zero-order chi connectivity index (χ0) is 21.4. The molecule has 154 valence electrons. The smallest absolute Gasteiger partial charge is 0.328 e. The minimum Gasteiger partial charge on any atom is -0.467 e. The molecule has 2 aromatic carbocycles. The summed E-state index contributed by atoms with van der Waals surface area (Å²) in [4.78, 5) is 36.5. The Morgan fingerprint density at radius 2 is 1.45 bits per heavy atom. The van der Waals surface area contributed by atoms with Crippen LogP contribution in [-0.4, -0.2) is 37.0 Å². The third-order valence-electron chi connectivity index (χ3n) is 4.20. The summed E-state index contributed by atoms with van der Waals surface area (Å²) in [5.41, 5.74) is 1.50. The minimum atomic E-state index is -0.921. The van der Waals surface area contributed by atoms with Crippen LogP contribution in [0.15, 0.2) is 53.0 Å². The van der Waals surface area contributed by atoms with E-state index in [2.05, 4.69) is 26.6 Å². The Kier molecular flexibility index (Phi) is 8.33. The van der Waals surface area contributed by atoms with Crippen molar-refractivity contribution in [1.82, 2.24) is 10.6 Å². The van der Waals surface area contributed by atoms with Crippen LogP contribution in [0.25, 0.3) is 0 Å². The van der Waals surface area contributed by atoms with Crippen molar-refractivity contribution >= 4 is 33.7 Å². The summed E-state index contributed by atoms with van der Waals surface area (Å²) in [5, 5.41) is 5.23. The average molecular weight is 465 g/mol. The number of rotatable bonds is 8. The van der Waals surface area contributed by atoms with Gasteiger partial charge >= 0.3 is 5.97 Å². The van der Waals surface area contributed by atoms with Gasteiger partial charge in [-0.3, -0.25) is 9.59 Å². The number of benzene rings is 2. The summed E-state index contributed by atoms with van der Waals surface area (Å²) in [5.74, 6) is -1.91. The monoisotopic (exact) mass is 464 g/mol. The molecule has 2 atom stereocenters. The molecule has 0 fully saturated rings. The zero-order valence-corrected chi connectivity index (χ0v) is 17.7. The zero-order valence-electron chi connectivity index (χ0n) is 16.1. The quantitative estimate of drug-likeness (QED) is 0.587. The average Bonchev–Trinajstić information content (AvgIpc) is 2.69. The molecule has 0 saturated carbocycles. The molecular weight excluding hydrogens is 443 g/mol. The van der Waals surface area contributed by atoms with E-state index in [1.54, 1.807) is 0 Å². The molecule has 0 bridgehead atoms. The van der Waals surface area contributed by atoms with Crippen LogP contribution >= 0.6 is 15.9 Å². The molecule has 8 heteroatoms. The van der Waals surface area contributed by atoms with Crippen LogP contribution in [-0.2, 0) is 32.0 Å². The molecule has 29 heavy (non-hydrogen) atoms. The molecule has 0 radical (unpaired) electrons. The van der Waals surface area contributed by atoms with Crippen molar-refractivity contribution in [3.63, 3.8) is 0 Å². The highest BCUT2D eigenvalue weighted by atomic mass is 79.9. The number of hydrogen-bond acceptors (Lipinski definition) is 4. The summed E-state index contributed by atoms with van der Waals surface area (Å²) in [6.45, 7) is 1.30. The third-order valence-corrected chi connectivity index (χ3v) is 4.73. The van der Waals surface area contributed by atoms with Gasteiger partial charge in [0.15, 0.2) is 0 Å². The summed E-state index contributed by atoms with van der Waals surface area (Å²) >= 11 is 3.35. The van der Waals surface area contributed by atoms with Crippen molar-refractivity contribution in [1.29, 1.82) is 0 Å². The number of hydrogen-bond donors (Lipinski definition) is 2. The van der Waals surface area contributed by atoms with Gasteiger partial charge in [0.25, 0.3) is 0 Å². The van der Waals surface area contributed by atoms with Gasteiger partial charge in [0.1, 0.15) is 17.9 Å². The number of carbonyl (C=O) groups is 3. The van der Waals surface area contributed by atoms with E-state index >= 15 is 0 Å². The summed E-state index contributed by atoms with van der Waals surface area (Å²) in [7, 11) is 1.24. The molecule has 0 spiro atoms. The van der Waals surface area contributed by atoms with Crippen LogP contribution in [0, 0.1) is 5.82 Å². The summed E-state index contributed by atoms with van der Waals surface area (Å²) < 4.78 is 18.8. The topological polar surface area (TPSA) is 84.5 Å². The summed E-state index contributed by atoms with van der Waals surface area (Å²) in [6.07, 6.45) is 0.382. The van der Waals surface area contributed by atoms with Crippen molar-refractivity contribution in [3.05, 3.63) is 69.9 Å². The van der Waals surface area contributed by atoms with Gasteiger partial charge in [-0.25, -0.2) is 9.18 Å². The standard InChI is InChI=1S/C21H22BrFN2O4/c1-13(26)24-18(11-15-5-9-17(23)10-6-15)20(27)25-19(21(28)29-2)12-14-3-7-16(22)8-4-14/h3-10,18-19H,11-12H2,1-2H3,(H,24,26)(H,25,27)/t18-,19-/m1/s1. The van der Waals surface area contributed by atoms with Crippen LogP contribution in [0.5, 0.6) is 0 Å². The van der Waals surface area contributed by atoms with Crippen LogP contribution in [0.2, 0.25) is 0 Å². The highest BCUT2D eigenvalue weighted by molar-refractivity contribution is 9.10. The summed E-state index contributed by atoms with van der Waals surface area (Å²) in [6, 6.07) is 11.1. The fourth-order valence-electron chi connectivity index (χ4n) is 2.77. The molecular formula is C21H22BrFN2O4. The van der Waals surface area contributed by atoms with Gasteiger partial charge in [0.2, 0.25) is 11.8 Å². The fraction of sp³-hybridized carbons (Fsp3) is 0.286. The Labute approximate surface area is 177 Å². The minimum absolute atomic E-state index is 0.151. The second kappa shape index (κ2) is 10.7. The third kappa shape index (κ3) is 7.30. The van der Waals surface area contributed by atoms with Gasteiger partial charge in [-0.15, -0.1) is 0 Å². The van der Waals surface area contributed by atoms with E-state index in [4.69, 9.17) is 4.74 Å². The second-order valence-corrected chi connectivity index (χ2v) is 7.41. The molecule has 0 unspecified atom stereocenters. The molecule has 2 aromatic rings. The predicted molar refractivity (Wildman–Crippen MR) is 110 cm³/mol. The van der Waals surface area contributed by atoms with Crippen LogP contribution in [0.3, 0.4) is 0 Å². The maximum atomic E-state index is 13.1. The lowest BCUT2D eigenvalue weighted by Gasteiger charge is -2.22. The van der Waals surface area contributed by atoms with Gasteiger partial charge in [0, 0.05) is 24.2 Å². The van der Waals surface area contributed by atoms with Crippen molar-refractivity contribution in [3.8, 4) is 0 Å². The Hall–Kier alpha value is -2.74. The van der Waals surface area contributed by atoms with Crippen molar-refractivity contribution < 1.29 is 23.5 Å². The molecule has 2 rings (SSSR count).